The topological polar surface area (TPSA) is 84.0 Å². The Morgan fingerprint density at radius 2 is 1.77 bits per heavy atom. The van der Waals surface area contributed by atoms with Crippen LogP contribution in [0.25, 0.3) is 11.3 Å². The van der Waals surface area contributed by atoms with Crippen LogP contribution < -0.4 is 10.1 Å². The van der Waals surface area contributed by atoms with Crippen molar-refractivity contribution in [1.82, 2.24) is 10.1 Å². The summed E-state index contributed by atoms with van der Waals surface area (Å²) < 4.78 is 11.6. The van der Waals surface area contributed by atoms with Gasteiger partial charge in [-0.25, -0.2) is 4.98 Å². The van der Waals surface area contributed by atoms with Crippen LogP contribution in [0.1, 0.15) is 31.9 Å². The first-order chi connectivity index (χ1) is 14.9. The number of para-hydroxylation sites is 1. The molecule has 4 rings (SSSR count). The highest BCUT2D eigenvalue weighted by atomic mass is 16.5. The van der Waals surface area contributed by atoms with Gasteiger partial charge in [0, 0.05) is 23.4 Å². The first kappa shape index (κ1) is 20.2. The summed E-state index contributed by atoms with van der Waals surface area (Å²) in [4.78, 5) is 4.40. The molecule has 2 aromatic carbocycles. The van der Waals surface area contributed by atoms with E-state index < -0.39 is 0 Å². The minimum atomic E-state index is -0.0696. The summed E-state index contributed by atoms with van der Waals surface area (Å²) in [5.41, 5.74) is 3.80. The average Bonchev–Trinajstić information content (AvgIpc) is 3.23. The number of nitrogens with zero attached hydrogens (tertiary/aromatic N) is 3. The van der Waals surface area contributed by atoms with E-state index in [-0.39, 0.29) is 5.41 Å². The molecule has 0 unspecified atom stereocenters. The second-order valence-corrected chi connectivity index (χ2v) is 8.09. The van der Waals surface area contributed by atoms with E-state index in [1.165, 1.54) is 0 Å². The molecule has 0 spiro atoms. The van der Waals surface area contributed by atoms with E-state index in [0.717, 1.165) is 16.9 Å². The summed E-state index contributed by atoms with van der Waals surface area (Å²) in [6.07, 6.45) is 1.68. The minimum Gasteiger partial charge on any atom is -0.437 e. The fourth-order valence-corrected chi connectivity index (χ4v) is 3.17. The second kappa shape index (κ2) is 8.33. The molecule has 0 fully saturated rings. The van der Waals surface area contributed by atoms with Gasteiger partial charge in [-0.3, -0.25) is 0 Å². The highest BCUT2D eigenvalue weighted by molar-refractivity contribution is 5.67. The standard InChI is InChI=1S/C25H22N4O2/c1-25(2,3)19-7-4-5-9-22(19)30-24-20(8-6-14-27-24)28-23-15-21(29-31-23)18-12-10-17(16-26)11-13-18/h4-15,28H,1-3H3. The Morgan fingerprint density at radius 1 is 1.00 bits per heavy atom. The van der Waals surface area contributed by atoms with E-state index >= 15 is 0 Å². The first-order valence-electron chi connectivity index (χ1n) is 9.91. The van der Waals surface area contributed by atoms with E-state index in [1.807, 2.05) is 42.5 Å². The van der Waals surface area contributed by atoms with Crippen molar-refractivity contribution in [2.24, 2.45) is 0 Å². The van der Waals surface area contributed by atoms with Gasteiger partial charge in [0.2, 0.25) is 11.8 Å². The van der Waals surface area contributed by atoms with E-state index in [2.05, 4.69) is 48.4 Å². The van der Waals surface area contributed by atoms with Crippen LogP contribution in [0.2, 0.25) is 0 Å². The number of benzene rings is 2. The molecule has 0 bridgehead atoms. The Kier molecular flexibility index (Phi) is 5.42. The van der Waals surface area contributed by atoms with Crippen molar-refractivity contribution >= 4 is 11.6 Å². The van der Waals surface area contributed by atoms with Gasteiger partial charge in [0.25, 0.3) is 0 Å². The largest absolute Gasteiger partial charge is 0.437 e. The Morgan fingerprint density at radius 3 is 2.52 bits per heavy atom. The lowest BCUT2D eigenvalue weighted by Gasteiger charge is -2.22. The van der Waals surface area contributed by atoms with Crippen LogP contribution >= 0.6 is 0 Å². The summed E-state index contributed by atoms with van der Waals surface area (Å²) in [6.45, 7) is 6.43. The van der Waals surface area contributed by atoms with Crippen LogP contribution in [0.3, 0.4) is 0 Å². The number of pyridine rings is 1. The Bertz CT molecular complexity index is 1230. The fraction of sp³-hybridized carbons (Fsp3) is 0.160. The van der Waals surface area contributed by atoms with Crippen molar-refractivity contribution in [3.8, 4) is 29.0 Å². The summed E-state index contributed by atoms with van der Waals surface area (Å²) in [5.74, 6) is 1.66. The molecule has 6 heteroatoms. The lowest BCUT2D eigenvalue weighted by Crippen LogP contribution is -2.12. The predicted octanol–water partition coefficient (Wildman–Crippen LogP) is 6.44. The molecule has 4 aromatic rings. The highest BCUT2D eigenvalue weighted by Crippen LogP contribution is 2.36. The molecule has 6 nitrogen and oxygen atoms in total. The van der Waals surface area contributed by atoms with E-state index in [0.29, 0.717) is 28.7 Å². The van der Waals surface area contributed by atoms with Gasteiger partial charge in [0.15, 0.2) is 0 Å². The molecule has 0 saturated heterocycles. The van der Waals surface area contributed by atoms with Gasteiger partial charge >= 0.3 is 0 Å². The van der Waals surface area contributed by atoms with Crippen LogP contribution in [0.15, 0.2) is 77.4 Å². The third-order valence-electron chi connectivity index (χ3n) is 4.75. The maximum Gasteiger partial charge on any atom is 0.243 e. The highest BCUT2D eigenvalue weighted by Gasteiger charge is 2.20. The zero-order chi connectivity index (χ0) is 21.8. The van der Waals surface area contributed by atoms with Crippen molar-refractivity contribution in [3.63, 3.8) is 0 Å². The van der Waals surface area contributed by atoms with E-state index in [4.69, 9.17) is 14.5 Å². The molecule has 2 heterocycles. The molecular weight excluding hydrogens is 388 g/mol. The molecule has 1 N–H and O–H groups in total. The normalized spacial score (nSPS) is 11.0. The fourth-order valence-electron chi connectivity index (χ4n) is 3.17. The van der Waals surface area contributed by atoms with Gasteiger partial charge in [-0.1, -0.05) is 56.3 Å². The van der Waals surface area contributed by atoms with Crippen molar-refractivity contribution in [2.45, 2.75) is 26.2 Å². The van der Waals surface area contributed by atoms with Crippen LogP contribution in [0.5, 0.6) is 11.6 Å². The quantitative estimate of drug-likeness (QED) is 0.407. The molecule has 0 radical (unpaired) electrons. The van der Waals surface area contributed by atoms with Gasteiger partial charge in [0.1, 0.15) is 17.1 Å². The molecule has 0 amide bonds. The Balaban J connectivity index is 1.58. The average molecular weight is 410 g/mol. The Hall–Kier alpha value is -4.11. The first-order valence-corrected chi connectivity index (χ1v) is 9.91. The number of ether oxygens (including phenoxy) is 1. The molecule has 154 valence electrons. The summed E-state index contributed by atoms with van der Waals surface area (Å²) in [7, 11) is 0. The summed E-state index contributed by atoms with van der Waals surface area (Å²) in [5, 5.41) is 16.3. The number of anilines is 2. The smallest absolute Gasteiger partial charge is 0.243 e. The van der Waals surface area contributed by atoms with E-state index in [1.54, 1.807) is 24.4 Å². The maximum absolute atomic E-state index is 8.95. The van der Waals surface area contributed by atoms with E-state index in [9.17, 15) is 0 Å². The van der Waals surface area contributed by atoms with Gasteiger partial charge in [-0.15, -0.1) is 0 Å². The van der Waals surface area contributed by atoms with Crippen LogP contribution in [-0.2, 0) is 5.41 Å². The molecule has 0 atom stereocenters. The van der Waals surface area contributed by atoms with Crippen molar-refractivity contribution in [3.05, 3.63) is 84.1 Å². The van der Waals surface area contributed by atoms with Crippen molar-refractivity contribution in [1.29, 1.82) is 5.26 Å². The third-order valence-corrected chi connectivity index (χ3v) is 4.75. The Labute approximate surface area is 181 Å². The number of nitrogens with one attached hydrogen (secondary N) is 1. The molecule has 0 aliphatic carbocycles. The molecular formula is C25H22N4O2. The van der Waals surface area contributed by atoms with Gasteiger partial charge in [-0.05, 0) is 35.7 Å². The zero-order valence-electron chi connectivity index (χ0n) is 17.6. The molecule has 0 aliphatic heterocycles. The monoisotopic (exact) mass is 410 g/mol. The molecule has 0 saturated carbocycles. The van der Waals surface area contributed by atoms with Crippen molar-refractivity contribution < 1.29 is 9.26 Å². The van der Waals surface area contributed by atoms with Crippen LogP contribution in [0, 0.1) is 11.3 Å². The lowest BCUT2D eigenvalue weighted by molar-refractivity contribution is 0.432. The van der Waals surface area contributed by atoms with Crippen LogP contribution in [0.4, 0.5) is 11.6 Å². The predicted molar refractivity (Wildman–Crippen MR) is 119 cm³/mol. The molecule has 31 heavy (non-hydrogen) atoms. The molecule has 2 aromatic heterocycles. The van der Waals surface area contributed by atoms with Crippen molar-refractivity contribution in [2.75, 3.05) is 5.32 Å². The SMILES string of the molecule is CC(C)(C)c1ccccc1Oc1ncccc1Nc1cc(-c2ccc(C#N)cc2)no1. The van der Waals surface area contributed by atoms with Gasteiger partial charge in [-0.2, -0.15) is 5.26 Å². The number of rotatable bonds is 5. The summed E-state index contributed by atoms with van der Waals surface area (Å²) in [6, 6.07) is 22.7. The molecule has 0 aliphatic rings. The lowest BCUT2D eigenvalue weighted by atomic mass is 9.86. The van der Waals surface area contributed by atoms with Gasteiger partial charge in [0.05, 0.1) is 11.6 Å². The van der Waals surface area contributed by atoms with Gasteiger partial charge < -0.3 is 14.6 Å². The third kappa shape index (κ3) is 4.57. The second-order valence-electron chi connectivity index (χ2n) is 8.09. The zero-order valence-corrected chi connectivity index (χ0v) is 17.6. The maximum atomic E-state index is 8.95. The number of aromatic nitrogens is 2. The number of hydrogen-bond donors (Lipinski definition) is 1. The number of nitriles is 1. The number of hydrogen-bond acceptors (Lipinski definition) is 6. The van der Waals surface area contributed by atoms with Crippen LogP contribution in [-0.4, -0.2) is 10.1 Å². The minimum absolute atomic E-state index is 0.0696. The summed E-state index contributed by atoms with van der Waals surface area (Å²) >= 11 is 0.